The third-order valence-corrected chi connectivity index (χ3v) is 4.58. The van der Waals surface area contributed by atoms with Crippen LogP contribution in [0.4, 0.5) is 0 Å². The van der Waals surface area contributed by atoms with Gasteiger partial charge in [-0.1, -0.05) is 15.9 Å². The highest BCUT2D eigenvalue weighted by molar-refractivity contribution is 9.09. The van der Waals surface area contributed by atoms with Gasteiger partial charge in [0, 0.05) is 12.3 Å². The van der Waals surface area contributed by atoms with Gasteiger partial charge in [-0.05, 0) is 24.2 Å². The van der Waals surface area contributed by atoms with Gasteiger partial charge >= 0.3 is 0 Å². The van der Waals surface area contributed by atoms with Gasteiger partial charge in [0.1, 0.15) is 0 Å². The molecular formula is C6H13BrOSi. The van der Waals surface area contributed by atoms with Crippen LogP contribution in [0.1, 0.15) is 19.3 Å². The second kappa shape index (κ2) is 4.47. The lowest BCUT2D eigenvalue weighted by Gasteiger charge is -2.21. The molecule has 54 valence electrons. The average molecular weight is 209 g/mol. The van der Waals surface area contributed by atoms with Crippen molar-refractivity contribution in [2.75, 3.05) is 11.6 Å². The lowest BCUT2D eigenvalue weighted by atomic mass is 10.2. The summed E-state index contributed by atoms with van der Waals surface area (Å²) < 4.78 is 5.55. The van der Waals surface area contributed by atoms with Crippen molar-refractivity contribution in [3.8, 4) is 0 Å². The molecule has 0 aromatic rings. The summed E-state index contributed by atoms with van der Waals surface area (Å²) in [7, 11) is 0.0704. The summed E-state index contributed by atoms with van der Waals surface area (Å²) >= 11 is 3.47. The predicted molar refractivity (Wildman–Crippen MR) is 45.9 cm³/mol. The monoisotopic (exact) mass is 208 g/mol. The van der Waals surface area contributed by atoms with Crippen LogP contribution < -0.4 is 0 Å². The molecule has 1 fully saturated rings. The van der Waals surface area contributed by atoms with E-state index in [-0.39, 0.29) is 9.52 Å². The average Bonchev–Trinajstić information content (AvgIpc) is 1.91. The van der Waals surface area contributed by atoms with Crippen LogP contribution >= 0.6 is 15.9 Å². The van der Waals surface area contributed by atoms with Gasteiger partial charge < -0.3 is 4.74 Å². The molecule has 1 aliphatic rings. The van der Waals surface area contributed by atoms with Gasteiger partial charge in [0.15, 0.2) is 0 Å². The van der Waals surface area contributed by atoms with E-state index in [2.05, 4.69) is 15.9 Å². The molecule has 0 aliphatic carbocycles. The summed E-state index contributed by atoms with van der Waals surface area (Å²) in [6, 6.07) is 0. The van der Waals surface area contributed by atoms with Gasteiger partial charge in [-0.25, -0.2) is 0 Å². The second-order valence-corrected chi connectivity index (χ2v) is 6.71. The fourth-order valence-corrected chi connectivity index (χ4v) is 3.84. The Balaban J connectivity index is 2.08. The first kappa shape index (κ1) is 7.76. The number of alkyl halides is 1. The lowest BCUT2D eigenvalue weighted by molar-refractivity contribution is 0.0654. The Hall–Kier alpha value is 0.657. The van der Waals surface area contributed by atoms with Gasteiger partial charge in [-0.2, -0.15) is 0 Å². The minimum absolute atomic E-state index is 0.0704. The predicted octanol–water partition coefficient (Wildman–Crippen LogP) is 1.03. The molecule has 3 heteroatoms. The minimum Gasteiger partial charge on any atom is -0.382 e. The van der Waals surface area contributed by atoms with E-state index in [1.54, 1.807) is 0 Å². The maximum atomic E-state index is 5.55. The van der Waals surface area contributed by atoms with Crippen molar-refractivity contribution in [2.24, 2.45) is 0 Å². The van der Waals surface area contributed by atoms with Crippen LogP contribution in [0.15, 0.2) is 0 Å². The van der Waals surface area contributed by atoms with Crippen LogP contribution in [0.25, 0.3) is 0 Å². The zero-order valence-electron chi connectivity index (χ0n) is 5.61. The molecule has 1 nitrogen and oxygen atoms in total. The highest BCUT2D eigenvalue weighted by atomic mass is 79.9. The Morgan fingerprint density at radius 2 is 2.44 bits per heavy atom. The van der Waals surface area contributed by atoms with E-state index in [1.807, 2.05) is 0 Å². The molecule has 0 radical (unpaired) electrons. The van der Waals surface area contributed by atoms with E-state index in [1.165, 1.54) is 24.2 Å². The Labute approximate surface area is 67.1 Å². The van der Waals surface area contributed by atoms with Gasteiger partial charge in [-0.15, -0.1) is 0 Å². The molecule has 1 atom stereocenters. The summed E-state index contributed by atoms with van der Waals surface area (Å²) in [6.07, 6.45) is 4.01. The fraction of sp³-hybridized carbons (Fsp3) is 1.00. The van der Waals surface area contributed by atoms with Crippen LogP contribution in [0.3, 0.4) is 0 Å². The molecule has 1 unspecified atom stereocenters. The van der Waals surface area contributed by atoms with Crippen LogP contribution in [0.5, 0.6) is 0 Å². The minimum atomic E-state index is 0.0704. The number of hydrogen-bond donors (Lipinski definition) is 0. The number of halogens is 1. The number of hydrogen-bond acceptors (Lipinski definition) is 1. The van der Waals surface area contributed by atoms with Gasteiger partial charge in [-0.3, -0.25) is 0 Å². The molecule has 0 bridgehead atoms. The SMILES string of the molecule is BrC[SiH2]C1CCCCO1. The summed E-state index contributed by atoms with van der Waals surface area (Å²) in [5.41, 5.74) is 0.693. The van der Waals surface area contributed by atoms with E-state index in [4.69, 9.17) is 4.74 Å². The third-order valence-electron chi connectivity index (χ3n) is 1.71. The summed E-state index contributed by atoms with van der Waals surface area (Å²) in [6.45, 7) is 1.02. The number of rotatable bonds is 2. The van der Waals surface area contributed by atoms with E-state index in [0.717, 1.165) is 6.61 Å². The largest absolute Gasteiger partial charge is 0.382 e. The van der Waals surface area contributed by atoms with Crippen molar-refractivity contribution in [3.63, 3.8) is 0 Å². The lowest BCUT2D eigenvalue weighted by Crippen LogP contribution is -2.26. The second-order valence-electron chi connectivity index (χ2n) is 2.47. The van der Waals surface area contributed by atoms with E-state index in [0.29, 0.717) is 5.73 Å². The molecule has 1 rings (SSSR count). The normalized spacial score (nSPS) is 29.7. The molecule has 0 aromatic carbocycles. The summed E-state index contributed by atoms with van der Waals surface area (Å²) in [4.78, 5) is 1.22. The molecule has 0 amide bonds. The first-order valence-electron chi connectivity index (χ1n) is 3.61. The molecule has 0 spiro atoms. The van der Waals surface area contributed by atoms with Crippen LogP contribution in [0, 0.1) is 0 Å². The van der Waals surface area contributed by atoms with Crippen molar-refractivity contribution in [1.29, 1.82) is 0 Å². The van der Waals surface area contributed by atoms with Gasteiger partial charge in [0.25, 0.3) is 0 Å². The Morgan fingerprint density at radius 3 is 3.00 bits per heavy atom. The van der Waals surface area contributed by atoms with Crippen LogP contribution in [-0.2, 0) is 4.74 Å². The maximum absolute atomic E-state index is 5.55. The maximum Gasteiger partial charge on any atom is 0.0674 e. The first-order chi connectivity index (χ1) is 4.43. The Morgan fingerprint density at radius 1 is 1.56 bits per heavy atom. The highest BCUT2D eigenvalue weighted by Gasteiger charge is 2.12. The zero-order chi connectivity index (χ0) is 6.53. The molecule has 1 aliphatic heterocycles. The topological polar surface area (TPSA) is 9.23 Å². The van der Waals surface area contributed by atoms with Crippen LogP contribution in [0.2, 0.25) is 0 Å². The van der Waals surface area contributed by atoms with Crippen LogP contribution in [-0.4, -0.2) is 26.8 Å². The van der Waals surface area contributed by atoms with Gasteiger partial charge in [0.2, 0.25) is 0 Å². The Kier molecular flexibility index (Phi) is 3.85. The van der Waals surface area contributed by atoms with Crippen molar-refractivity contribution in [1.82, 2.24) is 0 Å². The Bertz CT molecular complexity index is 70.7. The molecule has 0 aromatic heterocycles. The molecule has 0 N–H and O–H groups in total. The van der Waals surface area contributed by atoms with Crippen molar-refractivity contribution in [3.05, 3.63) is 0 Å². The molecule has 1 saturated heterocycles. The summed E-state index contributed by atoms with van der Waals surface area (Å²) in [5.74, 6) is 0. The molecular weight excluding hydrogens is 196 g/mol. The highest BCUT2D eigenvalue weighted by Crippen LogP contribution is 2.11. The zero-order valence-corrected chi connectivity index (χ0v) is 8.61. The number of ether oxygens (including phenoxy) is 1. The fourth-order valence-electron chi connectivity index (χ4n) is 1.16. The van der Waals surface area contributed by atoms with Crippen molar-refractivity contribution in [2.45, 2.75) is 25.0 Å². The standard InChI is InChI=1S/C6H13BrOSi/c7-5-9-6-3-1-2-4-8-6/h6H,1-5,9H2. The quantitative estimate of drug-likeness (QED) is 0.487. The molecule has 1 heterocycles. The summed E-state index contributed by atoms with van der Waals surface area (Å²) in [5, 5.41) is 0. The smallest absolute Gasteiger partial charge is 0.0674 e. The van der Waals surface area contributed by atoms with Gasteiger partial charge in [0.05, 0.1) is 9.52 Å². The van der Waals surface area contributed by atoms with E-state index in [9.17, 15) is 0 Å². The first-order valence-corrected chi connectivity index (χ1v) is 6.55. The molecule has 9 heavy (non-hydrogen) atoms. The van der Waals surface area contributed by atoms with E-state index >= 15 is 0 Å². The molecule has 0 saturated carbocycles. The van der Waals surface area contributed by atoms with E-state index < -0.39 is 0 Å². The van der Waals surface area contributed by atoms with Crippen molar-refractivity contribution >= 4 is 25.4 Å². The van der Waals surface area contributed by atoms with Crippen molar-refractivity contribution < 1.29 is 4.74 Å². The third kappa shape index (κ3) is 2.82.